The average Bonchev–Trinajstić information content (AvgIpc) is 3.53. The van der Waals surface area contributed by atoms with Gasteiger partial charge in [0.05, 0.1) is 49.6 Å². The number of methoxy groups -OCH3 is 2. The van der Waals surface area contributed by atoms with E-state index in [0.717, 1.165) is 21.7 Å². The van der Waals surface area contributed by atoms with Crippen molar-refractivity contribution in [2.45, 2.75) is 37.6 Å². The van der Waals surface area contributed by atoms with E-state index in [0.29, 0.717) is 16.8 Å². The van der Waals surface area contributed by atoms with Gasteiger partial charge in [-0.15, -0.1) is 0 Å². The summed E-state index contributed by atoms with van der Waals surface area (Å²) in [5.41, 5.74) is 5.89. The molecule has 3 fully saturated rings. The van der Waals surface area contributed by atoms with Gasteiger partial charge >= 0.3 is 0 Å². The van der Waals surface area contributed by atoms with Crippen molar-refractivity contribution >= 4 is 29.3 Å². The molecule has 2 aliphatic heterocycles. The predicted octanol–water partition coefficient (Wildman–Crippen LogP) is 5.90. The number of carbonyl (C=O) groups excluding carboxylic acids is 4. The van der Waals surface area contributed by atoms with E-state index in [2.05, 4.69) is 5.43 Å². The third-order valence-corrected chi connectivity index (χ3v) is 11.5. The number of benzene rings is 4. The highest BCUT2D eigenvalue weighted by Gasteiger charge is 2.71. The number of imide groups is 2. The number of allylic oxidation sites excluding steroid dienone is 2. The predicted molar refractivity (Wildman–Crippen MR) is 192 cm³/mol. The highest BCUT2D eigenvalue weighted by Crippen LogP contribution is 2.66. The number of nitrogens with one attached hydrogen (secondary N) is 1. The van der Waals surface area contributed by atoms with E-state index in [-0.39, 0.29) is 48.4 Å². The Morgan fingerprint density at radius 1 is 0.808 bits per heavy atom. The van der Waals surface area contributed by atoms with E-state index in [4.69, 9.17) is 9.47 Å². The Morgan fingerprint density at radius 2 is 1.44 bits per heavy atom. The molecule has 1 saturated carbocycles. The van der Waals surface area contributed by atoms with Crippen molar-refractivity contribution in [2.75, 3.05) is 19.6 Å². The Labute approximate surface area is 301 Å². The molecule has 0 spiro atoms. The number of ether oxygens (including phenoxy) is 2. The van der Waals surface area contributed by atoms with Crippen LogP contribution in [0.1, 0.15) is 41.0 Å². The summed E-state index contributed by atoms with van der Waals surface area (Å²) in [5, 5.41) is 11.9. The first kappa shape index (κ1) is 33.3. The van der Waals surface area contributed by atoms with Crippen LogP contribution in [0.5, 0.6) is 17.2 Å². The highest BCUT2D eigenvalue weighted by atomic mass is 16.5. The lowest BCUT2D eigenvalue weighted by atomic mass is 9.49. The molecule has 2 heterocycles. The van der Waals surface area contributed by atoms with Crippen LogP contribution in [0.3, 0.4) is 0 Å². The normalized spacial score (nSPS) is 26.4. The largest absolute Gasteiger partial charge is 0.508 e. The molecule has 0 bridgehead atoms. The summed E-state index contributed by atoms with van der Waals surface area (Å²) in [6.45, 7) is 2.11. The molecule has 6 atom stereocenters. The topological polar surface area (TPSA) is 125 Å². The molecule has 4 aromatic rings. The number of aromatic hydroxyl groups is 1. The molecule has 10 heteroatoms. The number of carbonyl (C=O) groups is 4. The first-order valence-corrected chi connectivity index (χ1v) is 17.5. The molecule has 2 aliphatic carbocycles. The van der Waals surface area contributed by atoms with Gasteiger partial charge in [-0.3, -0.25) is 29.5 Å². The van der Waals surface area contributed by atoms with Crippen LogP contribution in [0.4, 0.5) is 5.69 Å². The van der Waals surface area contributed by atoms with Crippen LogP contribution in [0.2, 0.25) is 0 Å². The molecule has 4 amide bonds. The second-order valence-electron chi connectivity index (χ2n) is 14.1. The van der Waals surface area contributed by atoms with Crippen molar-refractivity contribution in [1.82, 2.24) is 9.91 Å². The summed E-state index contributed by atoms with van der Waals surface area (Å²) in [6, 6.07) is 29.0. The number of hydrogen-bond acceptors (Lipinski definition) is 8. The first-order chi connectivity index (χ1) is 25.2. The van der Waals surface area contributed by atoms with Gasteiger partial charge in [-0.25, -0.2) is 0 Å². The van der Waals surface area contributed by atoms with Crippen molar-refractivity contribution in [3.8, 4) is 17.2 Å². The van der Waals surface area contributed by atoms with E-state index in [1.165, 1.54) is 31.3 Å². The van der Waals surface area contributed by atoms with Gasteiger partial charge in [0.2, 0.25) is 11.8 Å². The summed E-state index contributed by atoms with van der Waals surface area (Å²) in [6.07, 6.45) is 2.44. The smallest absolute Gasteiger partial charge is 0.260 e. The number of hydrazine groups is 1. The molecule has 0 radical (unpaired) electrons. The Balaban J connectivity index is 1.34. The fourth-order valence-corrected chi connectivity index (χ4v) is 9.26. The van der Waals surface area contributed by atoms with Crippen LogP contribution >= 0.6 is 0 Å². The number of hydrogen-bond donors (Lipinski definition) is 2. The SMILES string of the molecule is COc1cc(O)cc(OC)c1C1C2=CCC3C(=O)N(Cc4ccccc4)C(=O)C3C2CC2C(=O)N(Nc3ccc(C)cc3)C(=O)C21c1ccccc1. The number of aryl methyl sites for hydroxylation is 1. The van der Waals surface area contributed by atoms with Gasteiger partial charge in [0.15, 0.2) is 0 Å². The molecular weight excluding hydrogens is 658 g/mol. The monoisotopic (exact) mass is 697 g/mol. The lowest BCUT2D eigenvalue weighted by molar-refractivity contribution is -0.142. The van der Waals surface area contributed by atoms with Crippen molar-refractivity contribution in [3.05, 3.63) is 131 Å². The van der Waals surface area contributed by atoms with E-state index in [1.54, 1.807) is 0 Å². The summed E-state index contributed by atoms with van der Waals surface area (Å²) in [4.78, 5) is 60.2. The zero-order chi connectivity index (χ0) is 36.3. The summed E-state index contributed by atoms with van der Waals surface area (Å²) in [7, 11) is 2.95. The van der Waals surface area contributed by atoms with Crippen molar-refractivity contribution in [3.63, 3.8) is 0 Å². The molecule has 52 heavy (non-hydrogen) atoms. The molecule has 8 rings (SSSR count). The minimum Gasteiger partial charge on any atom is -0.508 e. The standard InChI is InChI=1S/C42H39N3O7/c1-24-14-16-27(17-15-24)43-45-39(48)32-22-31-29(18-19-30-35(31)40(49)44(38(30)47)23-25-10-6-4-7-11-25)37(36-33(51-2)20-28(46)21-34(36)52-3)42(32,41(45)50)26-12-8-5-9-13-26/h4-18,20-21,30-32,35,37,43,46H,19,22-23H2,1-3H3. The van der Waals surface area contributed by atoms with Crippen molar-refractivity contribution in [2.24, 2.45) is 23.7 Å². The van der Waals surface area contributed by atoms with Gasteiger partial charge in [0.1, 0.15) is 17.2 Å². The number of likely N-dealkylation sites (tertiary alicyclic amines) is 1. The summed E-state index contributed by atoms with van der Waals surface area (Å²) >= 11 is 0. The van der Waals surface area contributed by atoms with Gasteiger partial charge in [0.25, 0.3) is 11.8 Å². The van der Waals surface area contributed by atoms with Crippen LogP contribution < -0.4 is 14.9 Å². The zero-order valence-corrected chi connectivity index (χ0v) is 29.1. The maximum atomic E-state index is 15.4. The van der Waals surface area contributed by atoms with Gasteiger partial charge in [-0.1, -0.05) is 90.0 Å². The van der Waals surface area contributed by atoms with Gasteiger partial charge in [-0.05, 0) is 48.9 Å². The molecule has 4 aliphatic rings. The van der Waals surface area contributed by atoms with Crippen LogP contribution in [0.15, 0.2) is 109 Å². The third kappa shape index (κ3) is 4.92. The Hall–Kier alpha value is -5.90. The number of rotatable bonds is 8. The maximum Gasteiger partial charge on any atom is 0.260 e. The molecule has 0 aromatic heterocycles. The van der Waals surface area contributed by atoms with Crippen LogP contribution in [0, 0.1) is 30.6 Å². The van der Waals surface area contributed by atoms with Gasteiger partial charge < -0.3 is 14.6 Å². The van der Waals surface area contributed by atoms with Crippen LogP contribution in [0.25, 0.3) is 0 Å². The molecule has 6 unspecified atom stereocenters. The van der Waals surface area contributed by atoms with Crippen molar-refractivity contribution in [1.29, 1.82) is 0 Å². The van der Waals surface area contributed by atoms with Crippen LogP contribution in [-0.2, 0) is 31.1 Å². The number of phenols is 1. The average molecular weight is 698 g/mol. The quantitative estimate of drug-likeness (QED) is 0.172. The molecule has 2 saturated heterocycles. The van der Waals surface area contributed by atoms with Gasteiger partial charge in [-0.2, -0.15) is 5.01 Å². The van der Waals surface area contributed by atoms with E-state index < -0.39 is 46.8 Å². The number of fused-ring (bicyclic) bond motifs is 4. The molecule has 264 valence electrons. The minimum atomic E-state index is -1.52. The number of amides is 4. The summed E-state index contributed by atoms with van der Waals surface area (Å²) in [5.74, 6) is -4.69. The minimum absolute atomic E-state index is 0.0996. The number of phenolic OH excluding ortho intramolecular Hbond substituents is 1. The Kier molecular flexibility index (Phi) is 8.12. The fourth-order valence-electron chi connectivity index (χ4n) is 9.26. The van der Waals surface area contributed by atoms with E-state index in [9.17, 15) is 19.5 Å². The molecule has 4 aromatic carbocycles. The number of anilines is 1. The Morgan fingerprint density at radius 3 is 2.08 bits per heavy atom. The van der Waals surface area contributed by atoms with Gasteiger partial charge in [0, 0.05) is 23.6 Å². The van der Waals surface area contributed by atoms with E-state index >= 15 is 4.79 Å². The molecular formula is C42H39N3O7. The van der Waals surface area contributed by atoms with Crippen molar-refractivity contribution < 1.29 is 33.8 Å². The van der Waals surface area contributed by atoms with Crippen LogP contribution in [-0.4, -0.2) is 52.9 Å². The van der Waals surface area contributed by atoms with E-state index in [1.807, 2.05) is 97.9 Å². The first-order valence-electron chi connectivity index (χ1n) is 17.5. The second kappa shape index (κ2) is 12.7. The Bertz CT molecular complexity index is 2090. The second-order valence-corrected chi connectivity index (χ2v) is 14.1. The lowest BCUT2D eigenvalue weighted by Gasteiger charge is -2.51. The highest BCUT2D eigenvalue weighted by molar-refractivity contribution is 6.13. The number of nitrogens with zero attached hydrogens (tertiary/aromatic N) is 2. The lowest BCUT2D eigenvalue weighted by Crippen LogP contribution is -2.53. The summed E-state index contributed by atoms with van der Waals surface area (Å²) < 4.78 is 11.8. The molecule has 2 N–H and O–H groups in total. The zero-order valence-electron chi connectivity index (χ0n) is 29.1. The molecule has 10 nitrogen and oxygen atoms in total. The fraction of sp³-hybridized carbons (Fsp3) is 0.286. The third-order valence-electron chi connectivity index (χ3n) is 11.5. The maximum absolute atomic E-state index is 15.4.